The van der Waals surface area contributed by atoms with Crippen molar-refractivity contribution in [2.75, 3.05) is 56.2 Å². The number of piperazine rings is 1. The van der Waals surface area contributed by atoms with Crippen LogP contribution in [0.15, 0.2) is 49.1 Å². The molecule has 3 aliphatic rings. The molecule has 9 nitrogen and oxygen atoms in total. The first-order valence-corrected chi connectivity index (χ1v) is 14.7. The van der Waals surface area contributed by atoms with Gasteiger partial charge in [0.2, 0.25) is 5.91 Å². The highest BCUT2D eigenvalue weighted by molar-refractivity contribution is 5.94. The molecule has 1 aromatic heterocycles. The highest BCUT2D eigenvalue weighted by Gasteiger charge is 2.34. The van der Waals surface area contributed by atoms with Gasteiger partial charge in [-0.3, -0.25) is 4.79 Å². The number of rotatable bonds is 7. The lowest BCUT2D eigenvalue weighted by molar-refractivity contribution is -0.128. The zero-order valence-electron chi connectivity index (χ0n) is 24.0. The fourth-order valence-corrected chi connectivity index (χ4v) is 6.55. The zero-order valence-corrected chi connectivity index (χ0v) is 24.0. The number of likely N-dealkylation sites (tertiary alicyclic amines) is 1. The maximum absolute atomic E-state index is 15.3. The Morgan fingerprint density at radius 2 is 2.00 bits per heavy atom. The predicted molar refractivity (Wildman–Crippen MR) is 160 cm³/mol. The van der Waals surface area contributed by atoms with Crippen LogP contribution >= 0.6 is 0 Å². The van der Waals surface area contributed by atoms with Crippen LogP contribution in [0.25, 0.3) is 10.8 Å². The number of carbonyl (C=O) groups is 1. The molecule has 2 atom stereocenters. The molecular weight excluding hydrogens is 533 g/mol. The third-order valence-electron chi connectivity index (χ3n) is 8.83. The topological polar surface area (TPSA) is 88.8 Å². The van der Waals surface area contributed by atoms with Gasteiger partial charge in [0.05, 0.1) is 36.5 Å². The van der Waals surface area contributed by atoms with Gasteiger partial charge in [-0.05, 0) is 50.4 Å². The van der Waals surface area contributed by atoms with Gasteiger partial charge in [-0.25, -0.2) is 4.39 Å². The van der Waals surface area contributed by atoms with Crippen molar-refractivity contribution >= 4 is 28.2 Å². The molecule has 1 amide bonds. The second kappa shape index (κ2) is 11.9. The van der Waals surface area contributed by atoms with Crippen LogP contribution in [0.2, 0.25) is 0 Å². The number of halogens is 1. The van der Waals surface area contributed by atoms with Crippen molar-refractivity contribution in [3.63, 3.8) is 0 Å². The monoisotopic (exact) mass is 569 g/mol. The Kier molecular flexibility index (Phi) is 7.94. The molecule has 0 saturated carbocycles. The van der Waals surface area contributed by atoms with Crippen LogP contribution in [0.5, 0.6) is 6.01 Å². The third-order valence-corrected chi connectivity index (χ3v) is 8.83. The van der Waals surface area contributed by atoms with E-state index in [1.165, 1.54) is 12.1 Å². The van der Waals surface area contributed by atoms with E-state index in [1.807, 2.05) is 30.3 Å². The van der Waals surface area contributed by atoms with Crippen LogP contribution in [-0.2, 0) is 17.8 Å². The number of nitriles is 1. The molecule has 0 radical (unpaired) electrons. The number of hydrogen-bond donors (Lipinski definition) is 0. The van der Waals surface area contributed by atoms with E-state index in [2.05, 4.69) is 34.4 Å². The maximum atomic E-state index is 15.3. The molecular formula is C32H36FN7O2. The lowest BCUT2D eigenvalue weighted by Gasteiger charge is -2.42. The molecule has 218 valence electrons. The molecule has 6 rings (SSSR count). The summed E-state index contributed by atoms with van der Waals surface area (Å²) in [6, 6.07) is 13.8. The quantitative estimate of drug-likeness (QED) is 0.396. The summed E-state index contributed by atoms with van der Waals surface area (Å²) >= 11 is 0. The van der Waals surface area contributed by atoms with Crippen LogP contribution in [-0.4, -0.2) is 84.1 Å². The molecule has 0 spiro atoms. The number of hydrogen-bond acceptors (Lipinski definition) is 8. The predicted octanol–water partition coefficient (Wildman–Crippen LogP) is 3.92. The minimum absolute atomic E-state index is 0.169. The van der Waals surface area contributed by atoms with Gasteiger partial charge in [0.1, 0.15) is 18.2 Å². The van der Waals surface area contributed by atoms with Crippen molar-refractivity contribution in [3.8, 4) is 12.1 Å². The van der Waals surface area contributed by atoms with Gasteiger partial charge in [0.15, 0.2) is 0 Å². The maximum Gasteiger partial charge on any atom is 0.318 e. The third kappa shape index (κ3) is 5.37. The number of fused-ring (bicyclic) bond motifs is 2. The summed E-state index contributed by atoms with van der Waals surface area (Å²) in [4.78, 5) is 30.5. The average Bonchev–Trinajstić information content (AvgIpc) is 3.43. The van der Waals surface area contributed by atoms with Crippen molar-refractivity contribution in [1.82, 2.24) is 19.8 Å². The molecule has 1 unspecified atom stereocenters. The first kappa shape index (κ1) is 27.9. The van der Waals surface area contributed by atoms with Gasteiger partial charge in [-0.15, -0.1) is 0 Å². The van der Waals surface area contributed by atoms with Crippen LogP contribution in [0.1, 0.15) is 30.5 Å². The normalized spacial score (nSPS) is 20.8. The lowest BCUT2D eigenvalue weighted by Crippen LogP contribution is -2.55. The second-order valence-corrected chi connectivity index (χ2v) is 11.3. The Labute approximate surface area is 245 Å². The minimum atomic E-state index is -0.277. The van der Waals surface area contributed by atoms with Crippen molar-refractivity contribution < 1.29 is 13.9 Å². The fourth-order valence-electron chi connectivity index (χ4n) is 6.55. The molecule has 2 saturated heterocycles. The van der Waals surface area contributed by atoms with Crippen molar-refractivity contribution in [1.29, 1.82) is 5.26 Å². The highest BCUT2D eigenvalue weighted by atomic mass is 19.1. The van der Waals surface area contributed by atoms with Gasteiger partial charge >= 0.3 is 6.01 Å². The number of ether oxygens (including phenoxy) is 1. The smallest absolute Gasteiger partial charge is 0.318 e. The van der Waals surface area contributed by atoms with E-state index in [0.29, 0.717) is 63.5 Å². The van der Waals surface area contributed by atoms with E-state index in [0.717, 1.165) is 47.2 Å². The second-order valence-electron chi connectivity index (χ2n) is 11.3. The summed E-state index contributed by atoms with van der Waals surface area (Å²) in [5.74, 6) is 0.355. The Morgan fingerprint density at radius 1 is 1.14 bits per heavy atom. The zero-order chi connectivity index (χ0) is 29.2. The van der Waals surface area contributed by atoms with E-state index < -0.39 is 0 Å². The number of amides is 1. The van der Waals surface area contributed by atoms with Gasteiger partial charge < -0.3 is 24.3 Å². The molecule has 4 heterocycles. The van der Waals surface area contributed by atoms with E-state index >= 15 is 4.39 Å². The van der Waals surface area contributed by atoms with Crippen molar-refractivity contribution in [2.45, 2.75) is 44.3 Å². The summed E-state index contributed by atoms with van der Waals surface area (Å²) < 4.78 is 21.6. The summed E-state index contributed by atoms with van der Waals surface area (Å²) in [6.45, 7) is 7.71. The summed E-state index contributed by atoms with van der Waals surface area (Å²) in [7, 11) is 2.11. The molecule has 0 aliphatic carbocycles. The molecule has 3 aromatic rings. The fraction of sp³-hybridized carbons (Fsp3) is 0.438. The molecule has 2 aromatic carbocycles. The number of aromatic nitrogens is 2. The van der Waals surface area contributed by atoms with Gasteiger partial charge in [0.25, 0.3) is 0 Å². The lowest BCUT2D eigenvalue weighted by atomic mass is 10.0. The largest absolute Gasteiger partial charge is 0.462 e. The summed E-state index contributed by atoms with van der Waals surface area (Å²) in [5.41, 5.74) is 2.41. The van der Waals surface area contributed by atoms with E-state index in [4.69, 9.17) is 14.7 Å². The van der Waals surface area contributed by atoms with Crippen LogP contribution in [0, 0.1) is 17.1 Å². The Hall–Kier alpha value is -4.23. The number of nitrogens with zero attached hydrogens (tertiary/aromatic N) is 7. The van der Waals surface area contributed by atoms with Gasteiger partial charge in [-0.2, -0.15) is 15.2 Å². The van der Waals surface area contributed by atoms with Crippen molar-refractivity contribution in [3.05, 3.63) is 66.1 Å². The number of carbonyl (C=O) groups excluding carboxylic acids is 1. The first-order chi connectivity index (χ1) is 20.5. The standard InChI is InChI=1S/C32H36FN7O2/c1-3-29(41)40-18-17-39(19-23(40)12-14-34)31-26-13-16-38(30-25-9-5-4-7-22(25)10-11-27(30)33)20-28(26)35-32(36-31)42-21-24-8-6-15-37(24)2/h3-5,7,9-11,23-24H,1,6,8,12-13,15-21H2,2H3/t23?,24-/m0/s1. The Morgan fingerprint density at radius 3 is 2.79 bits per heavy atom. The summed E-state index contributed by atoms with van der Waals surface area (Å²) in [5, 5.41) is 11.4. The number of benzene rings is 2. The van der Waals surface area contributed by atoms with Gasteiger partial charge in [-0.1, -0.05) is 36.9 Å². The first-order valence-electron chi connectivity index (χ1n) is 14.7. The molecule has 42 heavy (non-hydrogen) atoms. The highest BCUT2D eigenvalue weighted by Crippen LogP contribution is 2.36. The van der Waals surface area contributed by atoms with Crippen LogP contribution in [0.4, 0.5) is 15.9 Å². The Balaban J connectivity index is 1.34. The Bertz CT molecular complexity index is 1540. The molecule has 10 heteroatoms. The average molecular weight is 570 g/mol. The van der Waals surface area contributed by atoms with E-state index in [1.54, 1.807) is 4.90 Å². The molecule has 0 bridgehead atoms. The van der Waals surface area contributed by atoms with Gasteiger partial charge in [0, 0.05) is 43.2 Å². The SMILES string of the molecule is C=CC(=O)N1CCN(c2nc(OC[C@@H]3CCCN3C)nc3c2CCN(c2c(F)ccc4ccccc24)C3)CC1CC#N. The molecule has 3 aliphatic heterocycles. The van der Waals surface area contributed by atoms with E-state index in [-0.39, 0.29) is 24.2 Å². The van der Waals surface area contributed by atoms with Crippen LogP contribution < -0.4 is 14.5 Å². The molecule has 2 fully saturated rings. The van der Waals surface area contributed by atoms with E-state index in [9.17, 15) is 10.1 Å². The number of anilines is 2. The van der Waals surface area contributed by atoms with Crippen molar-refractivity contribution in [2.24, 2.45) is 0 Å². The molecule has 0 N–H and O–H groups in total. The number of likely N-dealkylation sites (N-methyl/N-ethyl adjacent to an activating group) is 1. The summed E-state index contributed by atoms with van der Waals surface area (Å²) in [6.07, 6.45) is 4.36. The van der Waals surface area contributed by atoms with Crippen LogP contribution in [0.3, 0.4) is 0 Å². The minimum Gasteiger partial charge on any atom is -0.462 e.